The van der Waals surface area contributed by atoms with Gasteiger partial charge in [0.25, 0.3) is 5.91 Å². The van der Waals surface area contributed by atoms with Gasteiger partial charge in [-0.15, -0.1) is 0 Å². The molecular formula is C18H18N2O3. The van der Waals surface area contributed by atoms with E-state index in [0.29, 0.717) is 18.0 Å². The lowest BCUT2D eigenvalue weighted by Gasteiger charge is -2.17. The van der Waals surface area contributed by atoms with Crippen LogP contribution in [-0.2, 0) is 4.79 Å². The van der Waals surface area contributed by atoms with Gasteiger partial charge in [-0.3, -0.25) is 9.69 Å². The first-order chi connectivity index (χ1) is 11.2. The van der Waals surface area contributed by atoms with Crippen LogP contribution in [-0.4, -0.2) is 25.1 Å². The number of hydrogen-bond acceptors (Lipinski definition) is 3. The molecular weight excluding hydrogens is 292 g/mol. The molecule has 3 amide bonds. The number of ether oxygens (including phenoxy) is 1. The molecule has 0 N–H and O–H groups in total. The summed E-state index contributed by atoms with van der Waals surface area (Å²) in [4.78, 5) is 27.5. The number of rotatable bonds is 5. The van der Waals surface area contributed by atoms with Crippen molar-refractivity contribution in [3.05, 3.63) is 54.6 Å². The summed E-state index contributed by atoms with van der Waals surface area (Å²) in [7, 11) is 0. The van der Waals surface area contributed by atoms with E-state index in [-0.39, 0.29) is 18.5 Å². The van der Waals surface area contributed by atoms with E-state index in [0.717, 1.165) is 12.2 Å². The Labute approximate surface area is 135 Å². The fourth-order valence-corrected chi connectivity index (χ4v) is 2.48. The van der Waals surface area contributed by atoms with Gasteiger partial charge in [-0.05, 0) is 42.8 Å². The molecule has 0 aliphatic carbocycles. The van der Waals surface area contributed by atoms with E-state index in [9.17, 15) is 9.59 Å². The molecule has 0 saturated carbocycles. The van der Waals surface area contributed by atoms with Crippen LogP contribution in [0.3, 0.4) is 0 Å². The molecule has 5 heteroatoms. The fourth-order valence-electron chi connectivity index (χ4n) is 2.48. The third-order valence-corrected chi connectivity index (χ3v) is 3.60. The molecule has 118 valence electrons. The predicted octanol–water partition coefficient (Wildman–Crippen LogP) is 3.45. The molecule has 2 aromatic rings. The summed E-state index contributed by atoms with van der Waals surface area (Å²) in [6.07, 6.45) is 0.937. The maximum Gasteiger partial charge on any atom is 0.336 e. The second-order valence-electron chi connectivity index (χ2n) is 5.28. The van der Waals surface area contributed by atoms with Crippen molar-refractivity contribution < 1.29 is 14.3 Å². The Balaban J connectivity index is 1.79. The molecule has 5 nitrogen and oxygen atoms in total. The van der Waals surface area contributed by atoms with Crippen LogP contribution < -0.4 is 14.5 Å². The van der Waals surface area contributed by atoms with Gasteiger partial charge >= 0.3 is 6.03 Å². The zero-order chi connectivity index (χ0) is 16.2. The number of para-hydroxylation sites is 1. The Hall–Kier alpha value is -2.82. The van der Waals surface area contributed by atoms with E-state index in [2.05, 4.69) is 0 Å². The average Bonchev–Trinajstić information content (AvgIpc) is 2.89. The normalized spacial score (nSPS) is 14.5. The van der Waals surface area contributed by atoms with Gasteiger partial charge in [0.05, 0.1) is 12.3 Å². The van der Waals surface area contributed by atoms with E-state index < -0.39 is 0 Å². The number of benzene rings is 2. The van der Waals surface area contributed by atoms with Crippen LogP contribution in [0.2, 0.25) is 0 Å². The zero-order valence-corrected chi connectivity index (χ0v) is 12.9. The maximum atomic E-state index is 12.6. The Morgan fingerprint density at radius 1 is 0.957 bits per heavy atom. The average molecular weight is 310 g/mol. The van der Waals surface area contributed by atoms with Crippen molar-refractivity contribution in [3.8, 4) is 5.75 Å². The van der Waals surface area contributed by atoms with Gasteiger partial charge in [0.1, 0.15) is 12.3 Å². The number of anilines is 2. The molecule has 0 atom stereocenters. The monoisotopic (exact) mass is 310 g/mol. The highest BCUT2D eigenvalue weighted by Crippen LogP contribution is 2.27. The molecule has 0 aromatic heterocycles. The lowest BCUT2D eigenvalue weighted by molar-refractivity contribution is -0.115. The minimum atomic E-state index is -0.330. The van der Waals surface area contributed by atoms with Gasteiger partial charge in [-0.1, -0.05) is 25.1 Å². The Morgan fingerprint density at radius 3 is 2.30 bits per heavy atom. The predicted molar refractivity (Wildman–Crippen MR) is 88.9 cm³/mol. The number of imide groups is 1. The van der Waals surface area contributed by atoms with Crippen LogP contribution in [0.15, 0.2) is 54.6 Å². The zero-order valence-electron chi connectivity index (χ0n) is 12.9. The van der Waals surface area contributed by atoms with Crippen molar-refractivity contribution in [2.24, 2.45) is 0 Å². The number of hydrogen-bond donors (Lipinski definition) is 0. The minimum absolute atomic E-state index is 0.0445. The minimum Gasteiger partial charge on any atom is -0.494 e. The molecule has 0 spiro atoms. The molecule has 0 bridgehead atoms. The quantitative estimate of drug-likeness (QED) is 0.795. The first-order valence-corrected chi connectivity index (χ1v) is 7.63. The van der Waals surface area contributed by atoms with Crippen LogP contribution in [0.4, 0.5) is 16.2 Å². The van der Waals surface area contributed by atoms with E-state index in [1.54, 1.807) is 36.4 Å². The van der Waals surface area contributed by atoms with Crippen molar-refractivity contribution in [1.29, 1.82) is 0 Å². The summed E-state index contributed by atoms with van der Waals surface area (Å²) in [5, 5.41) is 0. The second kappa shape index (κ2) is 6.52. The highest BCUT2D eigenvalue weighted by molar-refractivity contribution is 6.26. The maximum absolute atomic E-state index is 12.6. The number of urea groups is 1. The first-order valence-electron chi connectivity index (χ1n) is 7.63. The molecule has 1 saturated heterocycles. The van der Waals surface area contributed by atoms with Gasteiger partial charge < -0.3 is 4.74 Å². The summed E-state index contributed by atoms with van der Waals surface area (Å²) >= 11 is 0. The number of amides is 3. The summed E-state index contributed by atoms with van der Waals surface area (Å²) in [5.74, 6) is 0.529. The molecule has 1 aliphatic heterocycles. The molecule has 1 heterocycles. The van der Waals surface area contributed by atoms with Crippen molar-refractivity contribution in [3.63, 3.8) is 0 Å². The smallest absolute Gasteiger partial charge is 0.336 e. The van der Waals surface area contributed by atoms with Gasteiger partial charge in [-0.2, -0.15) is 0 Å². The van der Waals surface area contributed by atoms with Crippen molar-refractivity contribution in [2.75, 3.05) is 23.0 Å². The molecule has 3 rings (SSSR count). The van der Waals surface area contributed by atoms with Crippen LogP contribution >= 0.6 is 0 Å². The fraction of sp³-hybridized carbons (Fsp3) is 0.222. The topological polar surface area (TPSA) is 49.9 Å². The highest BCUT2D eigenvalue weighted by atomic mass is 16.5. The molecule has 0 unspecified atom stereocenters. The van der Waals surface area contributed by atoms with Crippen LogP contribution in [0.25, 0.3) is 0 Å². The van der Waals surface area contributed by atoms with Crippen molar-refractivity contribution in [2.45, 2.75) is 13.3 Å². The van der Waals surface area contributed by atoms with Crippen LogP contribution in [0.1, 0.15) is 13.3 Å². The molecule has 1 aliphatic rings. The summed E-state index contributed by atoms with van der Waals surface area (Å²) in [6, 6.07) is 15.8. The second-order valence-corrected chi connectivity index (χ2v) is 5.28. The lowest BCUT2D eigenvalue weighted by Crippen LogP contribution is -2.32. The Morgan fingerprint density at radius 2 is 1.65 bits per heavy atom. The molecule has 1 fully saturated rings. The summed E-state index contributed by atoms with van der Waals surface area (Å²) in [5.41, 5.74) is 1.28. The SMILES string of the molecule is CCCOc1ccc(N2CC(=O)N(c3ccccc3)C2=O)cc1. The van der Waals surface area contributed by atoms with Gasteiger partial charge in [-0.25, -0.2) is 9.69 Å². The van der Waals surface area contributed by atoms with E-state index >= 15 is 0 Å². The highest BCUT2D eigenvalue weighted by Gasteiger charge is 2.37. The van der Waals surface area contributed by atoms with Gasteiger partial charge in [0.15, 0.2) is 0 Å². The molecule has 0 radical (unpaired) electrons. The Kier molecular flexibility index (Phi) is 4.28. The summed E-state index contributed by atoms with van der Waals surface area (Å²) in [6.45, 7) is 2.74. The van der Waals surface area contributed by atoms with E-state index in [1.807, 2.05) is 25.1 Å². The standard InChI is InChI=1S/C18H18N2O3/c1-2-12-23-16-10-8-14(9-11-16)19-13-17(21)20(18(19)22)15-6-4-3-5-7-15/h3-11H,2,12-13H2,1H3. The van der Waals surface area contributed by atoms with Crippen LogP contribution in [0.5, 0.6) is 5.75 Å². The van der Waals surface area contributed by atoms with Gasteiger partial charge in [0.2, 0.25) is 0 Å². The van der Waals surface area contributed by atoms with E-state index in [1.165, 1.54) is 9.80 Å². The van der Waals surface area contributed by atoms with Crippen molar-refractivity contribution in [1.82, 2.24) is 0 Å². The summed E-state index contributed by atoms with van der Waals surface area (Å²) < 4.78 is 5.53. The van der Waals surface area contributed by atoms with Crippen molar-refractivity contribution >= 4 is 23.3 Å². The number of nitrogens with zero attached hydrogens (tertiary/aromatic N) is 2. The third-order valence-electron chi connectivity index (χ3n) is 3.60. The van der Waals surface area contributed by atoms with Gasteiger partial charge in [0, 0.05) is 5.69 Å². The lowest BCUT2D eigenvalue weighted by atomic mass is 10.3. The largest absolute Gasteiger partial charge is 0.494 e. The Bertz CT molecular complexity index is 698. The molecule has 23 heavy (non-hydrogen) atoms. The first kappa shape index (κ1) is 15.1. The third kappa shape index (κ3) is 3.04. The van der Waals surface area contributed by atoms with E-state index in [4.69, 9.17) is 4.74 Å². The number of carbonyl (C=O) groups is 2. The number of carbonyl (C=O) groups excluding carboxylic acids is 2. The molecule has 2 aromatic carbocycles. The van der Waals surface area contributed by atoms with Crippen LogP contribution in [0, 0.1) is 0 Å².